The van der Waals surface area contributed by atoms with Gasteiger partial charge >= 0.3 is 0 Å². The molecule has 0 N–H and O–H groups in total. The second kappa shape index (κ2) is 8.42. The summed E-state index contributed by atoms with van der Waals surface area (Å²) in [6, 6.07) is 0.482. The largest absolute Gasteiger partial charge is 0.379 e. The first-order valence-electron chi connectivity index (χ1n) is 9.03. The van der Waals surface area contributed by atoms with Crippen LogP contribution >= 0.6 is 0 Å². The van der Waals surface area contributed by atoms with Gasteiger partial charge in [-0.2, -0.15) is 0 Å². The lowest BCUT2D eigenvalue weighted by Gasteiger charge is -2.34. The molecule has 6 heteroatoms. The van der Waals surface area contributed by atoms with Gasteiger partial charge in [-0.3, -0.25) is 9.69 Å². The fourth-order valence-corrected chi connectivity index (χ4v) is 3.85. The van der Waals surface area contributed by atoms with Gasteiger partial charge in [0.2, 0.25) is 5.91 Å². The topological polar surface area (TPSA) is 51.2 Å². The highest BCUT2D eigenvalue weighted by atomic mass is 16.5. The average molecular weight is 326 g/mol. The van der Waals surface area contributed by atoms with E-state index in [0.29, 0.717) is 31.6 Å². The lowest BCUT2D eigenvalue weighted by atomic mass is 10.0. The maximum absolute atomic E-state index is 12.4. The van der Waals surface area contributed by atoms with Crippen molar-refractivity contribution < 1.29 is 19.0 Å². The van der Waals surface area contributed by atoms with Crippen LogP contribution < -0.4 is 0 Å². The summed E-state index contributed by atoms with van der Waals surface area (Å²) >= 11 is 0. The average Bonchev–Trinajstić information content (AvgIpc) is 3.22. The minimum Gasteiger partial charge on any atom is -0.379 e. The molecule has 0 saturated carbocycles. The Balaban J connectivity index is 1.36. The molecule has 23 heavy (non-hydrogen) atoms. The molecule has 0 aromatic rings. The lowest BCUT2D eigenvalue weighted by Crippen LogP contribution is -2.47. The first-order valence-corrected chi connectivity index (χ1v) is 9.03. The third-order valence-corrected chi connectivity index (χ3v) is 5.23. The van der Waals surface area contributed by atoms with Crippen molar-refractivity contribution in [2.45, 2.75) is 38.3 Å². The number of hydrogen-bond donors (Lipinski definition) is 0. The van der Waals surface area contributed by atoms with E-state index in [1.165, 1.54) is 0 Å². The summed E-state index contributed by atoms with van der Waals surface area (Å²) in [5.41, 5.74) is 0. The van der Waals surface area contributed by atoms with Gasteiger partial charge in [0.15, 0.2) is 0 Å². The molecule has 0 aliphatic carbocycles. The van der Waals surface area contributed by atoms with Crippen molar-refractivity contribution in [1.82, 2.24) is 9.80 Å². The van der Waals surface area contributed by atoms with Gasteiger partial charge in [0, 0.05) is 38.8 Å². The van der Waals surface area contributed by atoms with Crippen LogP contribution in [0.4, 0.5) is 0 Å². The summed E-state index contributed by atoms with van der Waals surface area (Å²) in [7, 11) is 0. The van der Waals surface area contributed by atoms with E-state index in [0.717, 1.165) is 58.8 Å². The van der Waals surface area contributed by atoms with Crippen LogP contribution in [0.25, 0.3) is 0 Å². The Labute approximate surface area is 139 Å². The maximum Gasteiger partial charge on any atom is 0.224 e. The van der Waals surface area contributed by atoms with Crippen LogP contribution in [0.15, 0.2) is 0 Å². The fourth-order valence-electron chi connectivity index (χ4n) is 3.85. The van der Waals surface area contributed by atoms with E-state index in [9.17, 15) is 4.79 Å². The molecule has 3 aliphatic rings. The molecule has 0 unspecified atom stereocenters. The third-order valence-electron chi connectivity index (χ3n) is 5.23. The van der Waals surface area contributed by atoms with Gasteiger partial charge in [0.25, 0.3) is 0 Å². The summed E-state index contributed by atoms with van der Waals surface area (Å²) < 4.78 is 16.6. The van der Waals surface area contributed by atoms with Crippen molar-refractivity contribution in [3.05, 3.63) is 0 Å². The second-order valence-electron chi connectivity index (χ2n) is 6.95. The molecule has 3 fully saturated rings. The molecule has 0 spiro atoms. The summed E-state index contributed by atoms with van der Waals surface area (Å²) in [5, 5.41) is 0. The first kappa shape index (κ1) is 17.1. The molecule has 1 amide bonds. The van der Waals surface area contributed by atoms with Crippen LogP contribution in [0.2, 0.25) is 0 Å². The highest BCUT2D eigenvalue weighted by Crippen LogP contribution is 2.23. The van der Waals surface area contributed by atoms with Gasteiger partial charge in [0.05, 0.1) is 39.0 Å². The molecule has 0 aromatic heterocycles. The van der Waals surface area contributed by atoms with Crippen molar-refractivity contribution in [2.24, 2.45) is 5.92 Å². The molecule has 6 nitrogen and oxygen atoms in total. The maximum atomic E-state index is 12.4. The van der Waals surface area contributed by atoms with Gasteiger partial charge in [0.1, 0.15) is 0 Å². The minimum absolute atomic E-state index is 0.222. The molecular formula is C17H30N2O4. The van der Waals surface area contributed by atoms with E-state index >= 15 is 0 Å². The molecule has 3 atom stereocenters. The van der Waals surface area contributed by atoms with Crippen molar-refractivity contribution in [3.63, 3.8) is 0 Å². The van der Waals surface area contributed by atoms with E-state index in [4.69, 9.17) is 14.2 Å². The molecular weight excluding hydrogens is 296 g/mol. The Morgan fingerprint density at radius 2 is 2.04 bits per heavy atom. The first-order chi connectivity index (χ1) is 11.2. The molecule has 132 valence electrons. The van der Waals surface area contributed by atoms with Gasteiger partial charge < -0.3 is 19.1 Å². The fraction of sp³-hybridized carbons (Fsp3) is 0.941. The number of hydrogen-bond acceptors (Lipinski definition) is 5. The van der Waals surface area contributed by atoms with Gasteiger partial charge in [-0.25, -0.2) is 0 Å². The van der Waals surface area contributed by atoms with E-state index in [1.807, 2.05) is 4.90 Å². The van der Waals surface area contributed by atoms with Gasteiger partial charge in [-0.15, -0.1) is 0 Å². The molecule has 3 heterocycles. The van der Waals surface area contributed by atoms with E-state index in [2.05, 4.69) is 11.8 Å². The zero-order valence-corrected chi connectivity index (χ0v) is 14.2. The highest BCUT2D eigenvalue weighted by Gasteiger charge is 2.36. The number of amides is 1. The lowest BCUT2D eigenvalue weighted by molar-refractivity contribution is -0.131. The van der Waals surface area contributed by atoms with Crippen molar-refractivity contribution in [3.8, 4) is 0 Å². The van der Waals surface area contributed by atoms with Crippen LogP contribution in [0, 0.1) is 5.92 Å². The monoisotopic (exact) mass is 326 g/mol. The van der Waals surface area contributed by atoms with E-state index < -0.39 is 0 Å². The van der Waals surface area contributed by atoms with Crippen LogP contribution in [0.5, 0.6) is 0 Å². The van der Waals surface area contributed by atoms with Crippen LogP contribution in [-0.4, -0.2) is 87.1 Å². The number of likely N-dealkylation sites (tertiary alicyclic amines) is 1. The van der Waals surface area contributed by atoms with Crippen molar-refractivity contribution in [1.29, 1.82) is 0 Å². The Kier molecular flexibility index (Phi) is 6.28. The Morgan fingerprint density at radius 3 is 2.78 bits per heavy atom. The highest BCUT2D eigenvalue weighted by molar-refractivity contribution is 5.76. The summed E-state index contributed by atoms with van der Waals surface area (Å²) in [6.07, 6.45) is 2.93. The number of morpholine rings is 1. The number of rotatable bonds is 6. The molecule has 3 saturated heterocycles. The van der Waals surface area contributed by atoms with Crippen LogP contribution in [0.1, 0.15) is 26.2 Å². The summed E-state index contributed by atoms with van der Waals surface area (Å²) in [5.74, 6) is 0.754. The summed E-state index contributed by atoms with van der Waals surface area (Å²) in [4.78, 5) is 16.9. The normalized spacial score (nSPS) is 32.6. The SMILES string of the molecule is C[C@@H]1CN(C(=O)CCOC[C@@H]2CCCO2)C[C@@H]1N1CCOCC1. The van der Waals surface area contributed by atoms with Crippen LogP contribution in [0.3, 0.4) is 0 Å². The quantitative estimate of drug-likeness (QED) is 0.674. The number of carbonyl (C=O) groups is 1. The smallest absolute Gasteiger partial charge is 0.224 e. The van der Waals surface area contributed by atoms with E-state index in [1.54, 1.807) is 0 Å². The standard InChI is InChI=1S/C17H30N2O4/c1-14-11-19(12-16(14)18-5-9-21-10-6-18)17(20)4-8-22-13-15-3-2-7-23-15/h14-16H,2-13H2,1H3/t14-,15+,16+/m1/s1. The molecule has 0 bridgehead atoms. The molecule has 0 radical (unpaired) electrons. The molecule has 0 aromatic carbocycles. The predicted octanol–water partition coefficient (Wildman–Crippen LogP) is 0.751. The Hall–Kier alpha value is -0.690. The number of carbonyl (C=O) groups excluding carboxylic acids is 1. The zero-order chi connectivity index (χ0) is 16.1. The Morgan fingerprint density at radius 1 is 1.22 bits per heavy atom. The number of ether oxygens (including phenoxy) is 3. The van der Waals surface area contributed by atoms with E-state index in [-0.39, 0.29) is 12.0 Å². The van der Waals surface area contributed by atoms with Crippen molar-refractivity contribution in [2.75, 3.05) is 59.2 Å². The summed E-state index contributed by atoms with van der Waals surface area (Å²) in [6.45, 7) is 9.55. The molecule has 3 rings (SSSR count). The third kappa shape index (κ3) is 4.66. The zero-order valence-electron chi connectivity index (χ0n) is 14.2. The minimum atomic E-state index is 0.222. The Bertz CT molecular complexity index is 381. The van der Waals surface area contributed by atoms with Gasteiger partial charge in [-0.1, -0.05) is 6.92 Å². The second-order valence-corrected chi connectivity index (χ2v) is 6.95. The predicted molar refractivity (Wildman–Crippen MR) is 86.3 cm³/mol. The van der Waals surface area contributed by atoms with Crippen molar-refractivity contribution >= 4 is 5.91 Å². The van der Waals surface area contributed by atoms with Gasteiger partial charge in [-0.05, 0) is 18.8 Å². The number of nitrogens with zero attached hydrogens (tertiary/aromatic N) is 2. The van der Waals surface area contributed by atoms with Crippen LogP contribution in [-0.2, 0) is 19.0 Å². The molecule has 3 aliphatic heterocycles.